The van der Waals surface area contributed by atoms with Crippen molar-refractivity contribution in [3.63, 3.8) is 0 Å². The van der Waals surface area contributed by atoms with Gasteiger partial charge in [-0.25, -0.2) is 0 Å². The van der Waals surface area contributed by atoms with Crippen LogP contribution in [-0.2, 0) is 12.8 Å². The Bertz CT molecular complexity index is 854. The summed E-state index contributed by atoms with van der Waals surface area (Å²) in [5.41, 5.74) is 12.1. The molecule has 1 aliphatic rings. The number of nitrogens with zero attached hydrogens (tertiary/aromatic N) is 1. The van der Waals surface area contributed by atoms with E-state index in [1.807, 2.05) is 42.6 Å². The van der Waals surface area contributed by atoms with Gasteiger partial charge < -0.3 is 5.73 Å². The number of carbonyl (C=O) groups is 1. The second-order valence-electron chi connectivity index (χ2n) is 8.59. The van der Waals surface area contributed by atoms with Crippen molar-refractivity contribution < 1.29 is 4.79 Å². The van der Waals surface area contributed by atoms with Gasteiger partial charge in [-0.3, -0.25) is 15.2 Å². The molecule has 0 bridgehead atoms. The van der Waals surface area contributed by atoms with E-state index in [0.29, 0.717) is 5.92 Å². The summed E-state index contributed by atoms with van der Waals surface area (Å²) in [6.45, 7) is 8.88. The van der Waals surface area contributed by atoms with E-state index in [-0.39, 0.29) is 22.5 Å². The average molecular weight is 416 g/mol. The molecule has 150 valence electrons. The number of thiophene rings is 1. The van der Waals surface area contributed by atoms with E-state index in [1.54, 1.807) is 16.3 Å². The van der Waals surface area contributed by atoms with Crippen LogP contribution in [0.4, 0.5) is 0 Å². The highest BCUT2D eigenvalue weighted by molar-refractivity contribution is 7.80. The van der Waals surface area contributed by atoms with Crippen molar-refractivity contribution in [2.24, 2.45) is 17.1 Å². The molecule has 1 aromatic carbocycles. The zero-order chi connectivity index (χ0) is 20.5. The van der Waals surface area contributed by atoms with E-state index in [0.717, 1.165) is 30.4 Å². The molecule has 0 radical (unpaired) electrons. The number of carbonyl (C=O) groups excluding carboxylic acids is 1. The first-order chi connectivity index (χ1) is 13.2. The molecule has 0 aliphatic heterocycles. The number of hydrazine groups is 1. The third-order valence-corrected chi connectivity index (χ3v) is 7.00. The number of hydrogen-bond acceptors (Lipinski definition) is 3. The summed E-state index contributed by atoms with van der Waals surface area (Å²) in [4.78, 5) is 14.4. The number of amides is 1. The van der Waals surface area contributed by atoms with Crippen LogP contribution in [0.5, 0.6) is 0 Å². The Balaban J connectivity index is 1.77. The fraction of sp³-hybridized carbons (Fsp3) is 0.455. The van der Waals surface area contributed by atoms with Gasteiger partial charge in [-0.05, 0) is 60.9 Å². The van der Waals surface area contributed by atoms with Crippen LogP contribution in [0.15, 0.2) is 35.7 Å². The first-order valence-corrected chi connectivity index (χ1v) is 11.0. The smallest absolute Gasteiger partial charge is 0.271 e. The number of benzene rings is 1. The van der Waals surface area contributed by atoms with E-state index in [2.05, 4.69) is 26.2 Å². The number of nitrogens with two attached hydrogens (primary N) is 1. The maximum atomic E-state index is 13.0. The molecule has 0 fully saturated rings. The van der Waals surface area contributed by atoms with Gasteiger partial charge in [-0.2, -0.15) is 0 Å². The molecule has 28 heavy (non-hydrogen) atoms. The van der Waals surface area contributed by atoms with Gasteiger partial charge in [-0.1, -0.05) is 51.1 Å². The lowest BCUT2D eigenvalue weighted by Gasteiger charge is -2.34. The topological polar surface area (TPSA) is 58.4 Å². The highest BCUT2D eigenvalue weighted by Crippen LogP contribution is 2.40. The van der Waals surface area contributed by atoms with Crippen molar-refractivity contribution in [2.75, 3.05) is 0 Å². The Morgan fingerprint density at radius 2 is 2.00 bits per heavy atom. The summed E-state index contributed by atoms with van der Waals surface area (Å²) in [6, 6.07) is 9.74. The molecule has 0 saturated heterocycles. The van der Waals surface area contributed by atoms with Crippen LogP contribution in [0.3, 0.4) is 0 Å². The molecule has 2 unspecified atom stereocenters. The zero-order valence-corrected chi connectivity index (χ0v) is 18.6. The Morgan fingerprint density at radius 1 is 1.32 bits per heavy atom. The maximum Gasteiger partial charge on any atom is 0.271 e. The van der Waals surface area contributed by atoms with E-state index in [9.17, 15) is 4.79 Å². The van der Waals surface area contributed by atoms with Crippen LogP contribution in [0.1, 0.15) is 66.5 Å². The van der Waals surface area contributed by atoms with Crippen LogP contribution in [-0.4, -0.2) is 16.0 Å². The summed E-state index contributed by atoms with van der Waals surface area (Å²) in [5, 5.41) is 3.72. The van der Waals surface area contributed by atoms with Crippen molar-refractivity contribution in [1.29, 1.82) is 0 Å². The van der Waals surface area contributed by atoms with Gasteiger partial charge in [-0.15, -0.1) is 11.3 Å². The second-order valence-corrected chi connectivity index (χ2v) is 9.98. The summed E-state index contributed by atoms with van der Waals surface area (Å²) in [5.74, 6) is 0.517. The van der Waals surface area contributed by atoms with Crippen molar-refractivity contribution in [3.8, 4) is 0 Å². The Labute approximate surface area is 177 Å². The molecule has 6 heteroatoms. The van der Waals surface area contributed by atoms with Crippen LogP contribution in [0, 0.1) is 11.3 Å². The minimum Gasteiger partial charge on any atom is -0.375 e. The van der Waals surface area contributed by atoms with Gasteiger partial charge in [0.1, 0.15) is 0 Å². The van der Waals surface area contributed by atoms with Gasteiger partial charge in [0.25, 0.3) is 5.91 Å². The van der Waals surface area contributed by atoms with Gasteiger partial charge in [0, 0.05) is 10.3 Å². The molecule has 1 aliphatic carbocycles. The third kappa shape index (κ3) is 4.39. The molecule has 1 amide bonds. The molecule has 3 rings (SSSR count). The predicted octanol–water partition coefficient (Wildman–Crippen LogP) is 4.85. The Morgan fingerprint density at radius 3 is 2.61 bits per heavy atom. The highest BCUT2D eigenvalue weighted by atomic mass is 32.1. The SMILES string of the molecule is CC(c1ccccc1)N(NC(=O)c1csc2c1CCC(C(C)(C)C)C2)C(N)=S. The summed E-state index contributed by atoms with van der Waals surface area (Å²) in [6.07, 6.45) is 3.12. The molecule has 3 N–H and O–H groups in total. The van der Waals surface area contributed by atoms with Crippen molar-refractivity contribution in [3.05, 3.63) is 57.3 Å². The molecule has 2 aromatic rings. The van der Waals surface area contributed by atoms with Crippen molar-refractivity contribution in [1.82, 2.24) is 10.4 Å². The maximum absolute atomic E-state index is 13.0. The Hall–Kier alpha value is -1.92. The highest BCUT2D eigenvalue weighted by Gasteiger charge is 2.32. The quantitative estimate of drug-likeness (QED) is 0.556. The van der Waals surface area contributed by atoms with E-state index < -0.39 is 0 Å². The minimum atomic E-state index is -0.151. The molecular formula is C22H29N3OS2. The summed E-state index contributed by atoms with van der Waals surface area (Å²) in [7, 11) is 0. The largest absolute Gasteiger partial charge is 0.375 e. The van der Waals surface area contributed by atoms with E-state index >= 15 is 0 Å². The van der Waals surface area contributed by atoms with Gasteiger partial charge in [0.05, 0.1) is 11.6 Å². The average Bonchev–Trinajstić information content (AvgIpc) is 3.08. The lowest BCUT2D eigenvalue weighted by molar-refractivity contribution is 0.0839. The number of fused-ring (bicyclic) bond motifs is 1. The number of nitrogens with one attached hydrogen (secondary N) is 1. The number of thiocarbonyl (C=S) groups is 1. The monoisotopic (exact) mass is 415 g/mol. The lowest BCUT2D eigenvalue weighted by Crippen LogP contribution is -2.50. The predicted molar refractivity (Wildman–Crippen MR) is 120 cm³/mol. The van der Waals surface area contributed by atoms with Gasteiger partial charge in [0.15, 0.2) is 5.11 Å². The fourth-order valence-electron chi connectivity index (χ4n) is 3.84. The molecular weight excluding hydrogens is 386 g/mol. The van der Waals surface area contributed by atoms with E-state index in [1.165, 1.54) is 10.4 Å². The third-order valence-electron chi connectivity index (χ3n) is 5.75. The van der Waals surface area contributed by atoms with Crippen LogP contribution < -0.4 is 11.2 Å². The van der Waals surface area contributed by atoms with Crippen LogP contribution in [0.25, 0.3) is 0 Å². The first kappa shape index (κ1) is 20.8. The zero-order valence-electron chi connectivity index (χ0n) is 17.0. The number of hydrogen-bond donors (Lipinski definition) is 2. The second kappa shape index (κ2) is 8.21. The Kier molecular flexibility index (Phi) is 6.10. The van der Waals surface area contributed by atoms with Crippen LogP contribution >= 0.6 is 23.6 Å². The minimum absolute atomic E-state index is 0.137. The van der Waals surface area contributed by atoms with Crippen molar-refractivity contribution >= 4 is 34.6 Å². The normalized spacial score (nSPS) is 17.5. The molecule has 2 atom stereocenters. The molecule has 4 nitrogen and oxygen atoms in total. The summed E-state index contributed by atoms with van der Waals surface area (Å²) < 4.78 is 0. The van der Waals surface area contributed by atoms with Crippen LogP contribution in [0.2, 0.25) is 0 Å². The van der Waals surface area contributed by atoms with Gasteiger partial charge >= 0.3 is 0 Å². The molecule has 1 heterocycles. The fourth-order valence-corrected chi connectivity index (χ4v) is 5.20. The molecule has 0 spiro atoms. The molecule has 1 aromatic heterocycles. The standard InChI is InChI=1S/C22H29N3OS2/c1-14(15-8-6-5-7-9-15)25(21(23)27)24-20(26)18-13-28-19-12-16(22(2,3)4)10-11-17(18)19/h5-9,13-14,16H,10-12H2,1-4H3,(H2,23,27)(H,24,26). The number of rotatable bonds is 3. The van der Waals surface area contributed by atoms with Crippen molar-refractivity contribution in [2.45, 2.75) is 53.0 Å². The van der Waals surface area contributed by atoms with Gasteiger partial charge in [0.2, 0.25) is 0 Å². The first-order valence-electron chi connectivity index (χ1n) is 9.72. The molecule has 0 saturated carbocycles. The van der Waals surface area contributed by atoms with E-state index in [4.69, 9.17) is 18.0 Å². The summed E-state index contributed by atoms with van der Waals surface area (Å²) >= 11 is 6.91. The lowest BCUT2D eigenvalue weighted by atomic mass is 9.72.